The Morgan fingerprint density at radius 3 is 1.65 bits per heavy atom. The van der Waals surface area contributed by atoms with Crippen LogP contribution in [-0.4, -0.2) is 17.7 Å². The molecule has 0 amide bonds. The summed E-state index contributed by atoms with van der Waals surface area (Å²) in [6.07, 6.45) is 10.8. The van der Waals surface area contributed by atoms with Crippen LogP contribution in [0.1, 0.15) is 90.4 Å². The molecule has 0 rings (SSSR count). The minimum atomic E-state index is -4.33. The number of alkyl halides is 3. The highest BCUT2D eigenvalue weighted by molar-refractivity contribution is 7.99. The molecule has 0 heterocycles. The maximum Gasteiger partial charge on any atom is 0.457 e. The Bertz CT molecular complexity index is 302. The maximum absolute atomic E-state index is 11.8. The number of hydrogen-bond acceptors (Lipinski definition) is 1. The summed E-state index contributed by atoms with van der Waals surface area (Å²) in [7, 11) is 0. The van der Waals surface area contributed by atoms with Crippen molar-refractivity contribution in [2.75, 3.05) is 11.5 Å². The van der Waals surface area contributed by atoms with Crippen LogP contribution < -0.4 is 0 Å². The van der Waals surface area contributed by atoms with Gasteiger partial charge in [-0.2, -0.15) is 24.9 Å². The fraction of sp³-hybridized carbons (Fsp3) is 0.895. The van der Waals surface area contributed by atoms with Crippen LogP contribution in [0.3, 0.4) is 0 Å². The Morgan fingerprint density at radius 2 is 1.17 bits per heavy atom. The van der Waals surface area contributed by atoms with E-state index in [0.717, 1.165) is 19.3 Å². The molecule has 0 N–H and O–H groups in total. The van der Waals surface area contributed by atoms with Gasteiger partial charge in [-0.25, -0.2) is 0 Å². The van der Waals surface area contributed by atoms with E-state index in [1.807, 2.05) is 0 Å². The van der Waals surface area contributed by atoms with Gasteiger partial charge in [0.15, 0.2) is 0 Å². The third-order valence-corrected chi connectivity index (χ3v) is 4.94. The normalized spacial score (nSPS) is 11.3. The van der Waals surface area contributed by atoms with Crippen LogP contribution >= 0.6 is 11.8 Å². The zero-order valence-electron chi connectivity index (χ0n) is 14.6. The van der Waals surface area contributed by atoms with Crippen molar-refractivity contribution in [2.24, 2.45) is 0 Å². The number of halogens is 3. The Morgan fingerprint density at radius 1 is 0.696 bits per heavy atom. The lowest BCUT2D eigenvalue weighted by Gasteiger charge is -2.03. The van der Waals surface area contributed by atoms with Crippen molar-refractivity contribution in [2.45, 2.75) is 96.6 Å². The number of unbranched alkanes of at least 4 members (excludes halogenated alkanes) is 11. The first-order valence-corrected chi connectivity index (χ1v) is 10.4. The molecule has 0 aromatic carbocycles. The summed E-state index contributed by atoms with van der Waals surface area (Å²) in [5, 5.41) is 0. The van der Waals surface area contributed by atoms with Crippen molar-refractivity contribution in [3.63, 3.8) is 0 Å². The van der Waals surface area contributed by atoms with E-state index in [1.165, 1.54) is 75.2 Å². The van der Waals surface area contributed by atoms with Gasteiger partial charge in [-0.3, -0.25) is 0 Å². The Hall–Kier alpha value is -0.300. The SMILES string of the molecule is CCCSCCCCCCCCCCCCCC#CC(F)(F)F. The summed E-state index contributed by atoms with van der Waals surface area (Å²) < 4.78 is 35.3. The highest BCUT2D eigenvalue weighted by Crippen LogP contribution is 2.14. The number of hydrogen-bond donors (Lipinski definition) is 0. The molecule has 0 aliphatic heterocycles. The zero-order chi connectivity index (χ0) is 17.2. The molecule has 136 valence electrons. The third kappa shape index (κ3) is 21.7. The largest absolute Gasteiger partial charge is 0.457 e. The van der Waals surface area contributed by atoms with Crippen molar-refractivity contribution in [3.8, 4) is 11.8 Å². The molecule has 0 bridgehead atoms. The fourth-order valence-electron chi connectivity index (χ4n) is 2.42. The second-order valence-corrected chi connectivity index (χ2v) is 7.28. The summed E-state index contributed by atoms with van der Waals surface area (Å²) in [5.74, 6) is 6.14. The highest BCUT2D eigenvalue weighted by atomic mass is 32.2. The van der Waals surface area contributed by atoms with Crippen molar-refractivity contribution in [3.05, 3.63) is 0 Å². The van der Waals surface area contributed by atoms with Gasteiger partial charge < -0.3 is 0 Å². The smallest absolute Gasteiger partial charge is 0.162 e. The van der Waals surface area contributed by atoms with Gasteiger partial charge in [0.1, 0.15) is 0 Å². The Labute approximate surface area is 145 Å². The van der Waals surface area contributed by atoms with Crippen molar-refractivity contribution in [1.82, 2.24) is 0 Å². The molecule has 0 saturated carbocycles. The van der Waals surface area contributed by atoms with Crippen LogP contribution in [0, 0.1) is 11.8 Å². The van der Waals surface area contributed by atoms with Gasteiger partial charge in [-0.05, 0) is 30.8 Å². The molecule has 0 atom stereocenters. The average Bonchev–Trinajstić information content (AvgIpc) is 2.49. The molecule has 23 heavy (non-hydrogen) atoms. The molecule has 0 aliphatic carbocycles. The minimum absolute atomic E-state index is 0.371. The third-order valence-electron chi connectivity index (χ3n) is 3.67. The standard InChI is InChI=1S/C19H33F3S/c1-2-17-23-18-15-13-11-9-7-5-3-4-6-8-10-12-14-16-19(20,21)22/h2-13,15,17-18H2,1H3. The van der Waals surface area contributed by atoms with Crippen molar-refractivity contribution >= 4 is 11.8 Å². The van der Waals surface area contributed by atoms with Gasteiger partial charge in [0.2, 0.25) is 0 Å². The Kier molecular flexibility index (Phi) is 16.3. The van der Waals surface area contributed by atoms with Crippen molar-refractivity contribution < 1.29 is 13.2 Å². The molecule has 0 radical (unpaired) electrons. The lowest BCUT2D eigenvalue weighted by Crippen LogP contribution is -2.01. The quantitative estimate of drug-likeness (QED) is 0.219. The molecular formula is C19H33F3S. The summed E-state index contributed by atoms with van der Waals surface area (Å²) in [5.41, 5.74) is 0. The molecule has 0 unspecified atom stereocenters. The van der Waals surface area contributed by atoms with E-state index in [-0.39, 0.29) is 0 Å². The second kappa shape index (κ2) is 16.6. The number of thioether (sulfide) groups is 1. The highest BCUT2D eigenvalue weighted by Gasteiger charge is 2.22. The average molecular weight is 351 g/mol. The van der Waals surface area contributed by atoms with Crippen molar-refractivity contribution in [1.29, 1.82) is 0 Å². The predicted octanol–water partition coefficient (Wildman–Crippen LogP) is 7.38. The van der Waals surface area contributed by atoms with Gasteiger partial charge in [0, 0.05) is 12.3 Å². The van der Waals surface area contributed by atoms with E-state index < -0.39 is 6.18 Å². The van der Waals surface area contributed by atoms with E-state index in [1.54, 1.807) is 0 Å². The van der Waals surface area contributed by atoms with Crippen LogP contribution in [0.2, 0.25) is 0 Å². The predicted molar refractivity (Wildman–Crippen MR) is 96.9 cm³/mol. The number of rotatable bonds is 15. The van der Waals surface area contributed by atoms with Crippen LogP contribution in [0.25, 0.3) is 0 Å². The van der Waals surface area contributed by atoms with E-state index in [9.17, 15) is 13.2 Å². The first kappa shape index (κ1) is 22.7. The first-order valence-electron chi connectivity index (χ1n) is 9.20. The summed E-state index contributed by atoms with van der Waals surface area (Å²) in [4.78, 5) is 0. The van der Waals surface area contributed by atoms with E-state index in [2.05, 4.69) is 24.6 Å². The molecule has 4 heteroatoms. The van der Waals surface area contributed by atoms with E-state index in [4.69, 9.17) is 0 Å². The topological polar surface area (TPSA) is 0 Å². The molecule has 0 aromatic heterocycles. The first-order chi connectivity index (χ1) is 11.1. The monoisotopic (exact) mass is 350 g/mol. The lowest BCUT2D eigenvalue weighted by atomic mass is 10.1. The summed E-state index contributed by atoms with van der Waals surface area (Å²) in [6, 6.07) is 0. The van der Waals surface area contributed by atoms with Gasteiger partial charge in [0.25, 0.3) is 0 Å². The van der Waals surface area contributed by atoms with Crippen LogP contribution in [-0.2, 0) is 0 Å². The molecule has 0 spiro atoms. The lowest BCUT2D eigenvalue weighted by molar-refractivity contribution is -0.0697. The Balaban J connectivity index is 3.09. The summed E-state index contributed by atoms with van der Waals surface area (Å²) in [6.45, 7) is 2.23. The maximum atomic E-state index is 11.8. The molecular weight excluding hydrogens is 317 g/mol. The molecule has 0 aromatic rings. The zero-order valence-corrected chi connectivity index (χ0v) is 15.5. The fourth-order valence-corrected chi connectivity index (χ4v) is 3.32. The van der Waals surface area contributed by atoms with Crippen LogP contribution in [0.15, 0.2) is 0 Å². The van der Waals surface area contributed by atoms with Crippen LogP contribution in [0.4, 0.5) is 13.2 Å². The van der Waals surface area contributed by atoms with Gasteiger partial charge in [-0.1, -0.05) is 70.6 Å². The van der Waals surface area contributed by atoms with Gasteiger partial charge in [-0.15, -0.1) is 0 Å². The molecule has 0 fully saturated rings. The minimum Gasteiger partial charge on any atom is -0.162 e. The van der Waals surface area contributed by atoms with E-state index in [0.29, 0.717) is 6.42 Å². The van der Waals surface area contributed by atoms with Gasteiger partial charge >= 0.3 is 6.18 Å². The molecule has 0 aliphatic rings. The van der Waals surface area contributed by atoms with E-state index >= 15 is 0 Å². The molecule has 0 saturated heterocycles. The second-order valence-electron chi connectivity index (χ2n) is 6.05. The summed E-state index contributed by atoms with van der Waals surface area (Å²) >= 11 is 2.07. The van der Waals surface area contributed by atoms with Crippen LogP contribution in [0.5, 0.6) is 0 Å². The van der Waals surface area contributed by atoms with Gasteiger partial charge in [0.05, 0.1) is 0 Å². The molecule has 0 nitrogen and oxygen atoms in total.